The van der Waals surface area contributed by atoms with Gasteiger partial charge in [-0.25, -0.2) is 0 Å². The molecule has 96 valence electrons. The maximum absolute atomic E-state index is 9.16. The van der Waals surface area contributed by atoms with Crippen molar-refractivity contribution in [1.29, 1.82) is 0 Å². The van der Waals surface area contributed by atoms with Crippen LogP contribution in [-0.4, -0.2) is 10.9 Å². The van der Waals surface area contributed by atoms with Crippen LogP contribution in [0, 0.1) is 0 Å². The summed E-state index contributed by atoms with van der Waals surface area (Å²) in [5, 5.41) is 13.2. The molecule has 2 aromatic rings. The van der Waals surface area contributed by atoms with E-state index in [2.05, 4.69) is 5.16 Å². The molecule has 0 spiro atoms. The van der Waals surface area contributed by atoms with E-state index in [1.54, 1.807) is 0 Å². The number of rotatable bonds is 1. The van der Waals surface area contributed by atoms with E-state index in [9.17, 15) is 0 Å². The van der Waals surface area contributed by atoms with E-state index in [1.807, 2.05) is 48.5 Å². The molecule has 1 aliphatic heterocycles. The number of hydrogen-bond donors (Lipinski definition) is 1. The Bertz CT molecular complexity index is 622. The van der Waals surface area contributed by atoms with E-state index < -0.39 is 0 Å². The average Bonchev–Trinajstić information content (AvgIpc) is 2.47. The summed E-state index contributed by atoms with van der Waals surface area (Å²) >= 11 is 5.88. The third-order valence-corrected chi connectivity index (χ3v) is 3.46. The minimum Gasteiger partial charge on any atom is -0.485 e. The number of para-hydroxylation sites is 1. The van der Waals surface area contributed by atoms with Gasteiger partial charge in [0.1, 0.15) is 11.9 Å². The maximum atomic E-state index is 9.16. The SMILES string of the molecule is ON=C1CC(c2ccc(Cl)cc2)Oc2ccccc21. The Kier molecular flexibility index (Phi) is 3.13. The molecule has 1 atom stereocenters. The van der Waals surface area contributed by atoms with Gasteiger partial charge in [0.2, 0.25) is 0 Å². The lowest BCUT2D eigenvalue weighted by atomic mass is 9.96. The van der Waals surface area contributed by atoms with Gasteiger partial charge >= 0.3 is 0 Å². The van der Waals surface area contributed by atoms with E-state index in [-0.39, 0.29) is 6.10 Å². The summed E-state index contributed by atoms with van der Waals surface area (Å²) in [6.07, 6.45) is 0.382. The molecule has 0 amide bonds. The Hall–Kier alpha value is -2.00. The quantitative estimate of drug-likeness (QED) is 0.629. The molecule has 1 N–H and O–H groups in total. The molecule has 3 nitrogen and oxygen atoms in total. The van der Waals surface area contributed by atoms with Crippen LogP contribution in [0.25, 0.3) is 0 Å². The van der Waals surface area contributed by atoms with Gasteiger partial charge in [-0.15, -0.1) is 0 Å². The van der Waals surface area contributed by atoms with Gasteiger partial charge in [-0.1, -0.05) is 41.0 Å². The van der Waals surface area contributed by atoms with E-state index >= 15 is 0 Å². The largest absolute Gasteiger partial charge is 0.485 e. The number of benzene rings is 2. The third-order valence-electron chi connectivity index (χ3n) is 3.21. The topological polar surface area (TPSA) is 41.8 Å². The van der Waals surface area contributed by atoms with Crippen molar-refractivity contribution in [1.82, 2.24) is 0 Å². The fraction of sp³-hybridized carbons (Fsp3) is 0.133. The van der Waals surface area contributed by atoms with Crippen molar-refractivity contribution in [2.24, 2.45) is 5.16 Å². The van der Waals surface area contributed by atoms with Gasteiger partial charge in [-0.2, -0.15) is 0 Å². The summed E-state index contributed by atoms with van der Waals surface area (Å²) in [4.78, 5) is 0. The van der Waals surface area contributed by atoms with Gasteiger partial charge in [0, 0.05) is 17.0 Å². The summed E-state index contributed by atoms with van der Waals surface area (Å²) in [5.41, 5.74) is 2.50. The van der Waals surface area contributed by atoms with E-state index in [0.29, 0.717) is 17.2 Å². The summed E-state index contributed by atoms with van der Waals surface area (Å²) in [5.74, 6) is 0.738. The minimum atomic E-state index is -0.155. The molecule has 0 bridgehead atoms. The highest BCUT2D eigenvalue weighted by atomic mass is 35.5. The molecule has 2 aromatic carbocycles. The monoisotopic (exact) mass is 273 g/mol. The normalized spacial score (nSPS) is 19.8. The highest BCUT2D eigenvalue weighted by Gasteiger charge is 2.26. The number of oxime groups is 1. The summed E-state index contributed by atoms with van der Waals surface area (Å²) in [7, 11) is 0. The minimum absolute atomic E-state index is 0.155. The molecule has 1 unspecified atom stereocenters. The number of hydrogen-bond acceptors (Lipinski definition) is 3. The Balaban J connectivity index is 1.98. The Morgan fingerprint density at radius 1 is 1.11 bits per heavy atom. The van der Waals surface area contributed by atoms with Crippen LogP contribution in [0.2, 0.25) is 5.02 Å². The van der Waals surface area contributed by atoms with Gasteiger partial charge in [0.15, 0.2) is 0 Å². The Morgan fingerprint density at radius 2 is 1.84 bits per heavy atom. The first-order chi connectivity index (χ1) is 9.28. The molecule has 0 fully saturated rings. The third kappa shape index (κ3) is 2.29. The second kappa shape index (κ2) is 4.94. The lowest BCUT2D eigenvalue weighted by molar-refractivity contribution is 0.203. The number of fused-ring (bicyclic) bond motifs is 1. The van der Waals surface area contributed by atoms with Crippen molar-refractivity contribution < 1.29 is 9.94 Å². The summed E-state index contributed by atoms with van der Waals surface area (Å²) in [6.45, 7) is 0. The molecule has 0 aromatic heterocycles. The average molecular weight is 274 g/mol. The maximum Gasteiger partial charge on any atom is 0.129 e. The van der Waals surface area contributed by atoms with Crippen molar-refractivity contribution in [3.8, 4) is 5.75 Å². The molecule has 0 aliphatic carbocycles. The number of ether oxygens (including phenoxy) is 1. The lowest BCUT2D eigenvalue weighted by Gasteiger charge is -2.26. The highest BCUT2D eigenvalue weighted by molar-refractivity contribution is 6.30. The molecule has 0 radical (unpaired) electrons. The van der Waals surface area contributed by atoms with Crippen molar-refractivity contribution in [3.05, 3.63) is 64.7 Å². The van der Waals surface area contributed by atoms with E-state index in [1.165, 1.54) is 0 Å². The predicted molar refractivity (Wildman–Crippen MR) is 74.2 cm³/mol. The van der Waals surface area contributed by atoms with Crippen molar-refractivity contribution in [2.75, 3.05) is 0 Å². The zero-order chi connectivity index (χ0) is 13.2. The van der Waals surface area contributed by atoms with E-state index in [4.69, 9.17) is 21.5 Å². The van der Waals surface area contributed by atoms with Crippen LogP contribution in [0.1, 0.15) is 23.7 Å². The van der Waals surface area contributed by atoms with Crippen LogP contribution >= 0.6 is 11.6 Å². The molecule has 3 rings (SSSR count). The second-order valence-electron chi connectivity index (χ2n) is 4.41. The fourth-order valence-electron chi connectivity index (χ4n) is 2.25. The molecular weight excluding hydrogens is 262 g/mol. The summed E-state index contributed by atoms with van der Waals surface area (Å²) < 4.78 is 5.95. The van der Waals surface area contributed by atoms with Crippen LogP contribution in [0.4, 0.5) is 0 Å². The molecule has 4 heteroatoms. The Labute approximate surface area is 116 Å². The van der Waals surface area contributed by atoms with Crippen LogP contribution < -0.4 is 4.74 Å². The molecule has 1 aliphatic rings. The molecular formula is C15H12ClNO2. The van der Waals surface area contributed by atoms with Gasteiger partial charge in [0.05, 0.1) is 5.71 Å². The number of halogens is 1. The zero-order valence-electron chi connectivity index (χ0n) is 10.1. The zero-order valence-corrected chi connectivity index (χ0v) is 10.8. The lowest BCUT2D eigenvalue weighted by Crippen LogP contribution is -2.20. The fourth-order valence-corrected chi connectivity index (χ4v) is 2.37. The molecule has 0 saturated heterocycles. The number of nitrogens with zero attached hydrogens (tertiary/aromatic N) is 1. The van der Waals surface area contributed by atoms with Crippen LogP contribution in [-0.2, 0) is 0 Å². The molecule has 1 heterocycles. The molecule has 0 saturated carbocycles. The molecule has 19 heavy (non-hydrogen) atoms. The standard InChI is InChI=1S/C15H12ClNO2/c16-11-7-5-10(6-8-11)15-9-13(17-18)12-3-1-2-4-14(12)19-15/h1-8,15,18H,9H2. The van der Waals surface area contributed by atoms with Gasteiger partial charge in [0.25, 0.3) is 0 Å². The Morgan fingerprint density at radius 3 is 2.58 bits per heavy atom. The summed E-state index contributed by atoms with van der Waals surface area (Å²) in [6, 6.07) is 15.1. The second-order valence-corrected chi connectivity index (χ2v) is 4.84. The van der Waals surface area contributed by atoms with Crippen LogP contribution in [0.5, 0.6) is 5.75 Å². The van der Waals surface area contributed by atoms with Crippen molar-refractivity contribution in [3.63, 3.8) is 0 Å². The first kappa shape index (κ1) is 12.1. The highest BCUT2D eigenvalue weighted by Crippen LogP contribution is 2.35. The van der Waals surface area contributed by atoms with Crippen molar-refractivity contribution >= 4 is 17.3 Å². The van der Waals surface area contributed by atoms with E-state index in [0.717, 1.165) is 16.9 Å². The van der Waals surface area contributed by atoms with Gasteiger partial charge in [-0.3, -0.25) is 0 Å². The van der Waals surface area contributed by atoms with Gasteiger partial charge in [-0.05, 0) is 29.8 Å². The van der Waals surface area contributed by atoms with Gasteiger partial charge < -0.3 is 9.94 Å². The predicted octanol–water partition coefficient (Wildman–Crippen LogP) is 4.04. The first-order valence-corrected chi connectivity index (χ1v) is 6.38. The van der Waals surface area contributed by atoms with Crippen molar-refractivity contribution in [2.45, 2.75) is 12.5 Å². The van der Waals surface area contributed by atoms with Crippen LogP contribution in [0.15, 0.2) is 53.7 Å². The first-order valence-electron chi connectivity index (χ1n) is 6.00. The smallest absolute Gasteiger partial charge is 0.129 e. The van der Waals surface area contributed by atoms with Crippen LogP contribution in [0.3, 0.4) is 0 Å².